The lowest BCUT2D eigenvalue weighted by atomic mass is 10.1. The second-order valence-electron chi connectivity index (χ2n) is 4.94. The molecule has 0 aromatic heterocycles. The van der Waals surface area contributed by atoms with E-state index in [1.54, 1.807) is 11.0 Å². The second-order valence-corrected chi connectivity index (χ2v) is 4.94. The summed E-state index contributed by atoms with van der Waals surface area (Å²) in [6.07, 6.45) is 0. The molecule has 8 nitrogen and oxygen atoms in total. The van der Waals surface area contributed by atoms with Crippen LogP contribution in [0.1, 0.15) is 17.3 Å². The number of piperazine rings is 1. The van der Waals surface area contributed by atoms with Gasteiger partial charge in [-0.15, -0.1) is 0 Å². The summed E-state index contributed by atoms with van der Waals surface area (Å²) in [4.78, 5) is 37.1. The molecular weight excluding hydrogens is 290 g/mol. The average Bonchev–Trinajstić information content (AvgIpc) is 2.53. The third-order valence-electron chi connectivity index (χ3n) is 3.67. The first-order valence-electron chi connectivity index (χ1n) is 6.81. The molecule has 1 amide bonds. The number of methoxy groups -OCH3 is 1. The molecule has 0 N–H and O–H groups in total. The fourth-order valence-corrected chi connectivity index (χ4v) is 2.43. The minimum absolute atomic E-state index is 0.0265. The Labute approximate surface area is 127 Å². The smallest absolute Gasteiger partial charge is 0.344 e. The zero-order chi connectivity index (χ0) is 16.3. The van der Waals surface area contributed by atoms with Gasteiger partial charge in [-0.3, -0.25) is 14.9 Å². The molecule has 0 saturated carbocycles. The molecule has 1 saturated heterocycles. The summed E-state index contributed by atoms with van der Waals surface area (Å²) in [7, 11) is 1.18. The van der Waals surface area contributed by atoms with Crippen molar-refractivity contribution in [2.45, 2.75) is 6.92 Å². The van der Waals surface area contributed by atoms with Crippen LogP contribution in [-0.2, 0) is 9.53 Å². The van der Waals surface area contributed by atoms with Crippen LogP contribution >= 0.6 is 0 Å². The number of carbonyl (C=O) groups excluding carboxylic acids is 2. The zero-order valence-corrected chi connectivity index (χ0v) is 12.4. The Hall–Kier alpha value is -2.64. The standard InChI is InChI=1S/C14H17N3O5/c1-10(18)15-5-7-16(8-6-15)11-3-4-13(17(20)21)12(9-11)14(19)22-2/h3-4,9H,5-8H2,1-2H3. The molecule has 0 unspecified atom stereocenters. The number of carbonyl (C=O) groups is 2. The van der Waals surface area contributed by atoms with E-state index in [9.17, 15) is 19.7 Å². The Morgan fingerprint density at radius 3 is 2.36 bits per heavy atom. The number of anilines is 1. The van der Waals surface area contributed by atoms with Crippen LogP contribution in [-0.4, -0.2) is 55.0 Å². The minimum atomic E-state index is -0.740. The highest BCUT2D eigenvalue weighted by atomic mass is 16.6. The molecule has 1 aromatic rings. The number of nitro benzene ring substituents is 1. The molecule has 1 aliphatic rings. The highest BCUT2D eigenvalue weighted by Crippen LogP contribution is 2.26. The first kappa shape index (κ1) is 15.7. The fraction of sp³-hybridized carbons (Fsp3) is 0.429. The van der Waals surface area contributed by atoms with E-state index in [1.807, 2.05) is 4.90 Å². The SMILES string of the molecule is COC(=O)c1cc(N2CCN(C(C)=O)CC2)ccc1[N+](=O)[O-]. The lowest BCUT2D eigenvalue weighted by Gasteiger charge is -2.35. The number of nitrogens with zero attached hydrogens (tertiary/aromatic N) is 3. The molecule has 22 heavy (non-hydrogen) atoms. The van der Waals surface area contributed by atoms with Gasteiger partial charge >= 0.3 is 5.97 Å². The van der Waals surface area contributed by atoms with Crippen LogP contribution in [0, 0.1) is 10.1 Å². The van der Waals surface area contributed by atoms with E-state index in [0.29, 0.717) is 31.9 Å². The largest absolute Gasteiger partial charge is 0.465 e. The predicted molar refractivity (Wildman–Crippen MR) is 78.9 cm³/mol. The lowest BCUT2D eigenvalue weighted by molar-refractivity contribution is -0.385. The van der Waals surface area contributed by atoms with Gasteiger partial charge in [-0.1, -0.05) is 0 Å². The molecule has 0 aliphatic carbocycles. The van der Waals surface area contributed by atoms with Crippen molar-refractivity contribution >= 4 is 23.3 Å². The third-order valence-corrected chi connectivity index (χ3v) is 3.67. The molecule has 1 heterocycles. The van der Waals surface area contributed by atoms with Crippen molar-refractivity contribution in [3.63, 3.8) is 0 Å². The predicted octanol–water partition coefficient (Wildman–Crippen LogP) is 1.05. The van der Waals surface area contributed by atoms with Gasteiger partial charge in [0.15, 0.2) is 0 Å². The van der Waals surface area contributed by atoms with Gasteiger partial charge in [0.2, 0.25) is 5.91 Å². The van der Waals surface area contributed by atoms with Crippen molar-refractivity contribution in [2.75, 3.05) is 38.2 Å². The van der Waals surface area contributed by atoms with Crippen molar-refractivity contribution in [1.82, 2.24) is 4.90 Å². The molecule has 0 radical (unpaired) electrons. The monoisotopic (exact) mass is 307 g/mol. The first-order chi connectivity index (χ1) is 10.4. The molecule has 1 aromatic carbocycles. The van der Waals surface area contributed by atoms with Crippen LogP contribution in [0.4, 0.5) is 11.4 Å². The Morgan fingerprint density at radius 1 is 1.23 bits per heavy atom. The molecular formula is C14H17N3O5. The third kappa shape index (κ3) is 3.16. The van der Waals surface area contributed by atoms with E-state index in [-0.39, 0.29) is 17.2 Å². The highest BCUT2D eigenvalue weighted by molar-refractivity contribution is 5.95. The van der Waals surface area contributed by atoms with E-state index in [1.165, 1.54) is 26.2 Å². The van der Waals surface area contributed by atoms with Gasteiger partial charge in [-0.2, -0.15) is 0 Å². The topological polar surface area (TPSA) is 93.0 Å². The average molecular weight is 307 g/mol. The van der Waals surface area contributed by atoms with Crippen molar-refractivity contribution < 1.29 is 19.2 Å². The van der Waals surface area contributed by atoms with E-state index in [2.05, 4.69) is 4.74 Å². The summed E-state index contributed by atoms with van der Waals surface area (Å²) in [6.45, 7) is 3.91. The van der Waals surface area contributed by atoms with Crippen LogP contribution < -0.4 is 4.90 Å². The molecule has 1 fully saturated rings. The van der Waals surface area contributed by atoms with Crippen LogP contribution in [0.25, 0.3) is 0 Å². The van der Waals surface area contributed by atoms with Crippen LogP contribution in [0.5, 0.6) is 0 Å². The normalized spacial score (nSPS) is 14.6. The summed E-state index contributed by atoms with van der Waals surface area (Å²) < 4.78 is 4.60. The van der Waals surface area contributed by atoms with E-state index < -0.39 is 10.9 Å². The molecule has 118 valence electrons. The Balaban J connectivity index is 2.24. The fourth-order valence-electron chi connectivity index (χ4n) is 2.43. The van der Waals surface area contributed by atoms with Crippen molar-refractivity contribution in [2.24, 2.45) is 0 Å². The first-order valence-corrected chi connectivity index (χ1v) is 6.81. The second kappa shape index (κ2) is 6.42. The number of amides is 1. The van der Waals surface area contributed by atoms with Gasteiger partial charge in [0, 0.05) is 44.9 Å². The summed E-state index contributed by atoms with van der Waals surface area (Å²) in [6, 6.07) is 4.38. The molecule has 0 atom stereocenters. The van der Waals surface area contributed by atoms with Gasteiger partial charge in [0.1, 0.15) is 5.56 Å². The number of nitro groups is 1. The number of hydrogen-bond acceptors (Lipinski definition) is 6. The van der Waals surface area contributed by atoms with E-state index >= 15 is 0 Å². The number of rotatable bonds is 3. The Kier molecular flexibility index (Phi) is 4.59. The highest BCUT2D eigenvalue weighted by Gasteiger charge is 2.24. The number of ether oxygens (including phenoxy) is 1. The van der Waals surface area contributed by atoms with Gasteiger partial charge in [-0.05, 0) is 12.1 Å². The van der Waals surface area contributed by atoms with Crippen molar-refractivity contribution in [3.05, 3.63) is 33.9 Å². The Morgan fingerprint density at radius 2 is 1.86 bits per heavy atom. The van der Waals surface area contributed by atoms with Crippen LogP contribution in [0.2, 0.25) is 0 Å². The van der Waals surface area contributed by atoms with Gasteiger partial charge < -0.3 is 14.5 Å². The molecule has 8 heteroatoms. The molecule has 1 aliphatic heterocycles. The molecule has 2 rings (SSSR count). The van der Waals surface area contributed by atoms with E-state index in [0.717, 1.165) is 0 Å². The van der Waals surface area contributed by atoms with Crippen LogP contribution in [0.3, 0.4) is 0 Å². The Bertz CT molecular complexity index is 608. The maximum absolute atomic E-state index is 11.7. The lowest BCUT2D eigenvalue weighted by Crippen LogP contribution is -2.48. The molecule has 0 bridgehead atoms. The zero-order valence-electron chi connectivity index (χ0n) is 12.4. The van der Waals surface area contributed by atoms with Gasteiger partial charge in [-0.25, -0.2) is 4.79 Å². The maximum Gasteiger partial charge on any atom is 0.344 e. The summed E-state index contributed by atoms with van der Waals surface area (Å²) in [5.41, 5.74) is 0.353. The molecule has 0 spiro atoms. The van der Waals surface area contributed by atoms with Crippen molar-refractivity contribution in [1.29, 1.82) is 0 Å². The number of esters is 1. The number of hydrogen-bond donors (Lipinski definition) is 0. The van der Waals surface area contributed by atoms with E-state index in [4.69, 9.17) is 0 Å². The van der Waals surface area contributed by atoms with Gasteiger partial charge in [0.25, 0.3) is 5.69 Å². The maximum atomic E-state index is 11.7. The summed E-state index contributed by atoms with van der Waals surface area (Å²) in [5.74, 6) is -0.713. The summed E-state index contributed by atoms with van der Waals surface area (Å²) in [5, 5.41) is 11.0. The van der Waals surface area contributed by atoms with Crippen molar-refractivity contribution in [3.8, 4) is 0 Å². The quantitative estimate of drug-likeness (QED) is 0.471. The minimum Gasteiger partial charge on any atom is -0.465 e. The summed E-state index contributed by atoms with van der Waals surface area (Å²) >= 11 is 0. The van der Waals surface area contributed by atoms with Gasteiger partial charge in [0.05, 0.1) is 12.0 Å². The van der Waals surface area contributed by atoms with Crippen LogP contribution in [0.15, 0.2) is 18.2 Å². The number of benzene rings is 1.